The molecule has 12 heteroatoms. The number of nitrogens with one attached hydrogen (secondary N) is 3. The van der Waals surface area contributed by atoms with Crippen LogP contribution in [0.25, 0.3) is 11.3 Å². The molecular formula is C29H35F3N6O3. The maximum atomic E-state index is 12.9. The van der Waals surface area contributed by atoms with E-state index in [0.717, 1.165) is 56.7 Å². The molecule has 3 unspecified atom stereocenters. The van der Waals surface area contributed by atoms with Gasteiger partial charge in [-0.05, 0) is 56.9 Å². The molecule has 2 aliphatic rings. The molecule has 9 nitrogen and oxygen atoms in total. The number of aromatic nitrogens is 2. The van der Waals surface area contributed by atoms with Gasteiger partial charge in [0.05, 0.1) is 24.7 Å². The van der Waals surface area contributed by atoms with Gasteiger partial charge in [-0.3, -0.25) is 5.32 Å². The van der Waals surface area contributed by atoms with E-state index in [1.165, 1.54) is 12.3 Å². The van der Waals surface area contributed by atoms with Crippen molar-refractivity contribution in [3.05, 3.63) is 54.5 Å². The van der Waals surface area contributed by atoms with Gasteiger partial charge in [0.1, 0.15) is 5.69 Å². The minimum Gasteiger partial charge on any atom is -0.450 e. The second kappa shape index (κ2) is 12.8. The number of rotatable bonds is 8. The van der Waals surface area contributed by atoms with Crippen LogP contribution < -0.4 is 20.9 Å². The lowest BCUT2D eigenvalue weighted by Crippen LogP contribution is -2.54. The molecule has 5 rings (SSSR count). The van der Waals surface area contributed by atoms with Crippen LogP contribution in [0.3, 0.4) is 0 Å². The number of carbonyl (C=O) groups excluding carboxylic acids is 1. The van der Waals surface area contributed by atoms with Gasteiger partial charge < -0.3 is 24.7 Å². The first-order valence-corrected chi connectivity index (χ1v) is 14.1. The van der Waals surface area contributed by atoms with Crippen LogP contribution in [0.2, 0.25) is 0 Å². The lowest BCUT2D eigenvalue weighted by atomic mass is 9.89. The quantitative estimate of drug-likeness (QED) is 0.289. The van der Waals surface area contributed by atoms with E-state index < -0.39 is 18.0 Å². The maximum absolute atomic E-state index is 12.9. The van der Waals surface area contributed by atoms with Crippen molar-refractivity contribution in [2.75, 3.05) is 35.2 Å². The van der Waals surface area contributed by atoms with Crippen LogP contribution in [-0.4, -0.2) is 53.9 Å². The minimum absolute atomic E-state index is 0.121. The van der Waals surface area contributed by atoms with Gasteiger partial charge in [-0.1, -0.05) is 25.0 Å². The van der Waals surface area contributed by atoms with Crippen LogP contribution in [0.5, 0.6) is 0 Å². The third kappa shape index (κ3) is 7.49. The van der Waals surface area contributed by atoms with Gasteiger partial charge in [0.25, 0.3) is 6.01 Å². The molecule has 0 radical (unpaired) electrons. The summed E-state index contributed by atoms with van der Waals surface area (Å²) in [4.78, 5) is 22.0. The van der Waals surface area contributed by atoms with E-state index in [1.54, 1.807) is 25.3 Å². The zero-order chi connectivity index (χ0) is 28.8. The number of benzene rings is 1. The molecular weight excluding hydrogens is 537 g/mol. The van der Waals surface area contributed by atoms with Gasteiger partial charge in [0.2, 0.25) is 0 Å². The molecule has 1 amide bonds. The van der Waals surface area contributed by atoms with E-state index in [9.17, 15) is 18.0 Å². The molecule has 2 fully saturated rings. The Morgan fingerprint density at radius 1 is 1.07 bits per heavy atom. The third-order valence-electron chi connectivity index (χ3n) is 7.52. The van der Waals surface area contributed by atoms with E-state index in [1.807, 2.05) is 12.1 Å². The lowest BCUT2D eigenvalue weighted by molar-refractivity contribution is -0.141. The number of halogens is 3. The van der Waals surface area contributed by atoms with E-state index in [0.29, 0.717) is 29.7 Å². The molecule has 3 heterocycles. The van der Waals surface area contributed by atoms with Crippen LogP contribution in [0.1, 0.15) is 51.1 Å². The Morgan fingerprint density at radius 2 is 1.90 bits per heavy atom. The fourth-order valence-electron chi connectivity index (χ4n) is 5.56. The number of nitrogens with zero attached hydrogens (tertiary/aromatic N) is 3. The fraction of sp³-hybridized carbons (Fsp3) is 0.483. The summed E-state index contributed by atoms with van der Waals surface area (Å²) in [5, 5.41) is 9.98. The zero-order valence-corrected chi connectivity index (χ0v) is 22.9. The molecule has 0 spiro atoms. The summed E-state index contributed by atoms with van der Waals surface area (Å²) >= 11 is 0. The number of alkyl halides is 3. The third-order valence-corrected chi connectivity index (χ3v) is 7.52. The molecule has 1 aliphatic heterocycles. The summed E-state index contributed by atoms with van der Waals surface area (Å²) in [6.07, 6.45) is 4.14. The van der Waals surface area contributed by atoms with Gasteiger partial charge in [-0.2, -0.15) is 13.2 Å². The van der Waals surface area contributed by atoms with Crippen LogP contribution in [-0.2, 0) is 10.9 Å². The Morgan fingerprint density at radius 3 is 2.66 bits per heavy atom. The number of oxazole rings is 1. The second-order valence-electron chi connectivity index (χ2n) is 10.4. The Hall–Kier alpha value is -3.80. The predicted octanol–water partition coefficient (Wildman–Crippen LogP) is 6.31. The van der Waals surface area contributed by atoms with Crippen molar-refractivity contribution < 1.29 is 27.1 Å². The molecule has 2 aromatic heterocycles. The number of amides is 1. The van der Waals surface area contributed by atoms with Gasteiger partial charge in [-0.25, -0.2) is 14.8 Å². The van der Waals surface area contributed by atoms with Crippen LogP contribution in [0, 0.1) is 0 Å². The number of piperidine rings is 1. The zero-order valence-electron chi connectivity index (χ0n) is 22.9. The molecule has 0 bridgehead atoms. The van der Waals surface area contributed by atoms with Gasteiger partial charge >= 0.3 is 12.3 Å². The van der Waals surface area contributed by atoms with Crippen LogP contribution >= 0.6 is 0 Å². The summed E-state index contributed by atoms with van der Waals surface area (Å²) < 4.78 is 49.8. The van der Waals surface area contributed by atoms with Crippen LogP contribution in [0.15, 0.2) is 53.2 Å². The normalized spacial score (nSPS) is 21.4. The van der Waals surface area contributed by atoms with Crippen molar-refractivity contribution in [3.8, 4) is 11.3 Å². The highest BCUT2D eigenvalue weighted by atomic mass is 19.4. The van der Waals surface area contributed by atoms with Crippen molar-refractivity contribution in [1.29, 1.82) is 0 Å². The van der Waals surface area contributed by atoms with E-state index >= 15 is 0 Å². The second-order valence-corrected chi connectivity index (χ2v) is 10.4. The molecule has 1 aromatic carbocycles. The van der Waals surface area contributed by atoms with Crippen molar-refractivity contribution in [1.82, 2.24) is 15.3 Å². The fourth-order valence-corrected chi connectivity index (χ4v) is 5.56. The number of anilines is 3. The number of carbonyl (C=O) groups is 1. The van der Waals surface area contributed by atoms with E-state index in [-0.39, 0.29) is 24.7 Å². The van der Waals surface area contributed by atoms with Crippen molar-refractivity contribution in [2.24, 2.45) is 0 Å². The predicted molar refractivity (Wildman–Crippen MR) is 150 cm³/mol. The smallest absolute Gasteiger partial charge is 0.433 e. The number of hydrogen-bond donors (Lipinski definition) is 3. The summed E-state index contributed by atoms with van der Waals surface area (Å²) in [6, 6.07) is 10.8. The summed E-state index contributed by atoms with van der Waals surface area (Å²) in [5.41, 5.74) is 1.20. The monoisotopic (exact) mass is 572 g/mol. The molecule has 3 atom stereocenters. The molecule has 1 saturated carbocycles. The van der Waals surface area contributed by atoms with Crippen molar-refractivity contribution >= 4 is 23.5 Å². The highest BCUT2D eigenvalue weighted by Gasteiger charge is 2.33. The summed E-state index contributed by atoms with van der Waals surface area (Å²) in [7, 11) is 0. The molecule has 41 heavy (non-hydrogen) atoms. The average Bonchev–Trinajstić information content (AvgIpc) is 3.43. The van der Waals surface area contributed by atoms with Crippen molar-refractivity contribution in [3.63, 3.8) is 0 Å². The first-order chi connectivity index (χ1) is 19.8. The Bertz CT molecular complexity index is 1300. The maximum Gasteiger partial charge on any atom is 0.433 e. The molecule has 220 valence electrons. The van der Waals surface area contributed by atoms with Crippen LogP contribution in [0.4, 0.5) is 35.4 Å². The largest absolute Gasteiger partial charge is 0.450 e. The molecule has 1 aliphatic carbocycles. The Balaban J connectivity index is 1.20. The van der Waals surface area contributed by atoms with Crippen molar-refractivity contribution in [2.45, 2.75) is 69.8 Å². The summed E-state index contributed by atoms with van der Waals surface area (Å²) in [5.74, 6) is 0.577. The lowest BCUT2D eigenvalue weighted by Gasteiger charge is -2.40. The molecule has 3 N–H and O–H groups in total. The summed E-state index contributed by atoms with van der Waals surface area (Å²) in [6.45, 7) is 3.52. The van der Waals surface area contributed by atoms with Gasteiger partial charge in [0, 0.05) is 42.5 Å². The number of ether oxygens (including phenoxy) is 1. The molecule has 1 saturated heterocycles. The standard InChI is InChI=1S/C29H35F3N6O3/c1-2-40-28(39)36-20-8-5-7-19(15-20)25-17-34-27(41-25)37-24-11-4-3-10-23(24)35-21-9-6-14-38(18-21)22-12-13-26(33-16-22)29(30,31)32/h5,7-8,12-13,15-17,21,23-24,35H,2-4,6,9-11,14,18H2,1H3,(H,34,37)(H,36,39). The minimum atomic E-state index is -4.44. The van der Waals surface area contributed by atoms with E-state index in [2.05, 4.69) is 30.8 Å². The van der Waals surface area contributed by atoms with Gasteiger partial charge in [0.15, 0.2) is 5.76 Å². The number of pyridine rings is 1. The molecule has 3 aromatic rings. The Labute approximate surface area is 236 Å². The highest BCUT2D eigenvalue weighted by Crippen LogP contribution is 2.30. The first-order valence-electron chi connectivity index (χ1n) is 14.1. The first kappa shape index (κ1) is 28.7. The average molecular weight is 573 g/mol. The number of hydrogen-bond acceptors (Lipinski definition) is 8. The SMILES string of the molecule is CCOC(=O)Nc1cccc(-c2cnc(NC3CCCCC3NC3CCCN(c4ccc(C(F)(F)F)nc4)C3)o2)c1. The topological polar surface area (TPSA) is 105 Å². The van der Waals surface area contributed by atoms with Gasteiger partial charge in [-0.15, -0.1) is 0 Å². The Kier molecular flexibility index (Phi) is 8.96. The highest BCUT2D eigenvalue weighted by molar-refractivity contribution is 5.85. The van der Waals surface area contributed by atoms with E-state index in [4.69, 9.17) is 9.15 Å².